The van der Waals surface area contributed by atoms with Gasteiger partial charge in [0, 0.05) is 6.42 Å². The molecule has 0 saturated carbocycles. The molecule has 0 fully saturated rings. The van der Waals surface area contributed by atoms with E-state index in [1.807, 2.05) is 12.2 Å². The predicted molar refractivity (Wildman–Crippen MR) is 143 cm³/mol. The van der Waals surface area contributed by atoms with Gasteiger partial charge in [-0.15, -0.1) is 0 Å². The standard InChI is InChI=1S/C26H44NO9P/c1-2-3-4-5-6-7-8-9-10-11-12-13-14-15-16-17-18-19-25(29)36-23(20-28)21-34-37(32,33)35-22-24(27)26(30)31/h6-7,9-10,12-13,15-16,23-24,28H,2-5,8,11,14,17-22,27H2,1H3,(H,30,31)(H,32,33)/b7-6-,10-9-,13-12-,16-15-. The first-order valence-electron chi connectivity index (χ1n) is 12.7. The number of aliphatic hydroxyl groups is 1. The minimum Gasteiger partial charge on any atom is -0.480 e. The molecule has 0 spiro atoms. The quantitative estimate of drug-likeness (QED) is 0.0618. The van der Waals surface area contributed by atoms with Gasteiger partial charge in [-0.2, -0.15) is 0 Å². The fraction of sp³-hybridized carbons (Fsp3) is 0.615. The molecule has 0 saturated heterocycles. The Morgan fingerprint density at radius 1 is 0.865 bits per heavy atom. The van der Waals surface area contributed by atoms with Crippen LogP contribution in [0.1, 0.15) is 71.1 Å². The molecule has 0 aliphatic carbocycles. The number of rotatable bonds is 23. The molecular formula is C26H44NO9P. The van der Waals surface area contributed by atoms with Crippen LogP contribution in [0.25, 0.3) is 0 Å². The maximum absolute atomic E-state index is 11.9. The number of carbonyl (C=O) groups excluding carboxylic acids is 1. The normalized spacial score (nSPS) is 15.6. The van der Waals surface area contributed by atoms with Crippen molar-refractivity contribution >= 4 is 19.8 Å². The fourth-order valence-corrected chi connectivity index (χ4v) is 3.53. The third kappa shape index (κ3) is 22.8. The van der Waals surface area contributed by atoms with Gasteiger partial charge >= 0.3 is 19.8 Å². The highest BCUT2D eigenvalue weighted by Crippen LogP contribution is 2.43. The van der Waals surface area contributed by atoms with Crippen molar-refractivity contribution in [3.05, 3.63) is 48.6 Å². The van der Waals surface area contributed by atoms with Gasteiger partial charge in [-0.1, -0.05) is 68.4 Å². The highest BCUT2D eigenvalue weighted by Gasteiger charge is 2.27. The number of aliphatic carboxylic acids is 1. The van der Waals surface area contributed by atoms with E-state index in [0.717, 1.165) is 25.7 Å². The summed E-state index contributed by atoms with van der Waals surface area (Å²) in [6.07, 6.45) is 24.7. The molecule has 0 amide bonds. The van der Waals surface area contributed by atoms with E-state index in [-0.39, 0.29) is 6.42 Å². The van der Waals surface area contributed by atoms with Crippen molar-refractivity contribution in [3.63, 3.8) is 0 Å². The van der Waals surface area contributed by atoms with Gasteiger partial charge < -0.3 is 25.6 Å². The van der Waals surface area contributed by atoms with Crippen molar-refractivity contribution < 1.29 is 43.0 Å². The Morgan fingerprint density at radius 2 is 1.38 bits per heavy atom. The average Bonchev–Trinajstić information content (AvgIpc) is 2.86. The van der Waals surface area contributed by atoms with E-state index >= 15 is 0 Å². The summed E-state index contributed by atoms with van der Waals surface area (Å²) in [7, 11) is -4.62. The number of unbranched alkanes of at least 4 members (excludes halogenated alkanes) is 4. The molecule has 0 aromatic rings. The Bertz CT molecular complexity index is 780. The lowest BCUT2D eigenvalue weighted by Gasteiger charge is -2.18. The Morgan fingerprint density at radius 3 is 1.89 bits per heavy atom. The zero-order valence-corrected chi connectivity index (χ0v) is 22.7. The van der Waals surface area contributed by atoms with Crippen LogP contribution in [0.5, 0.6) is 0 Å². The van der Waals surface area contributed by atoms with Crippen LogP contribution < -0.4 is 5.73 Å². The highest BCUT2D eigenvalue weighted by molar-refractivity contribution is 7.47. The smallest absolute Gasteiger partial charge is 0.472 e. The van der Waals surface area contributed by atoms with Gasteiger partial charge in [0.25, 0.3) is 0 Å². The zero-order valence-electron chi connectivity index (χ0n) is 21.8. The summed E-state index contributed by atoms with van der Waals surface area (Å²) in [5.74, 6) is -1.99. The second-order valence-corrected chi connectivity index (χ2v) is 9.73. The number of nitrogens with two attached hydrogens (primary N) is 1. The third-order valence-electron chi connectivity index (χ3n) is 4.87. The van der Waals surface area contributed by atoms with Gasteiger partial charge in [-0.05, 0) is 44.9 Å². The van der Waals surface area contributed by atoms with Crippen molar-refractivity contribution in [3.8, 4) is 0 Å². The van der Waals surface area contributed by atoms with Gasteiger partial charge in [0.15, 0.2) is 0 Å². The van der Waals surface area contributed by atoms with E-state index in [2.05, 4.69) is 52.4 Å². The van der Waals surface area contributed by atoms with Crippen LogP contribution in [-0.2, 0) is 27.9 Å². The second kappa shape index (κ2) is 23.1. The Labute approximate surface area is 220 Å². The van der Waals surface area contributed by atoms with E-state index in [4.69, 9.17) is 15.6 Å². The van der Waals surface area contributed by atoms with Gasteiger partial charge in [0.1, 0.15) is 12.1 Å². The van der Waals surface area contributed by atoms with E-state index in [1.54, 1.807) is 0 Å². The van der Waals surface area contributed by atoms with E-state index in [1.165, 1.54) is 19.3 Å². The van der Waals surface area contributed by atoms with Gasteiger partial charge in [0.2, 0.25) is 0 Å². The second-order valence-electron chi connectivity index (χ2n) is 8.28. The lowest BCUT2D eigenvalue weighted by Crippen LogP contribution is -2.34. The molecule has 0 radical (unpaired) electrons. The highest BCUT2D eigenvalue weighted by atomic mass is 31.2. The molecule has 212 valence electrons. The SMILES string of the molecule is CCCCC/C=C\C/C=C\C/C=C\C/C=C\CCCC(=O)OC(CO)COP(=O)(O)OCC(N)C(=O)O. The Hall–Kier alpha value is -2.07. The summed E-state index contributed by atoms with van der Waals surface area (Å²) in [5.41, 5.74) is 5.17. The summed E-state index contributed by atoms with van der Waals surface area (Å²) in [6.45, 7) is 0.232. The average molecular weight is 546 g/mol. The molecule has 0 aliphatic heterocycles. The minimum absolute atomic E-state index is 0.106. The third-order valence-corrected chi connectivity index (χ3v) is 5.82. The Kier molecular flexibility index (Phi) is 21.8. The summed E-state index contributed by atoms with van der Waals surface area (Å²) < 4.78 is 25.8. The first kappa shape index (κ1) is 34.9. The van der Waals surface area contributed by atoms with Crippen molar-refractivity contribution in [2.75, 3.05) is 19.8 Å². The summed E-state index contributed by atoms with van der Waals surface area (Å²) in [6, 6.07) is -1.50. The van der Waals surface area contributed by atoms with Crippen LogP contribution in [0.4, 0.5) is 0 Å². The van der Waals surface area contributed by atoms with Crippen LogP contribution in [0, 0.1) is 0 Å². The van der Waals surface area contributed by atoms with Crippen LogP contribution in [-0.4, -0.2) is 59.0 Å². The number of carbonyl (C=O) groups is 2. The van der Waals surface area contributed by atoms with Crippen molar-refractivity contribution in [1.82, 2.24) is 0 Å². The van der Waals surface area contributed by atoms with E-state index in [0.29, 0.717) is 12.8 Å². The molecule has 0 aromatic heterocycles. The number of carboxylic acid groups (broad SMARTS) is 1. The van der Waals surface area contributed by atoms with Crippen molar-refractivity contribution in [1.29, 1.82) is 0 Å². The summed E-state index contributed by atoms with van der Waals surface area (Å²) in [5, 5.41) is 17.9. The largest absolute Gasteiger partial charge is 0.480 e. The molecule has 0 rings (SSSR count). The first-order valence-corrected chi connectivity index (χ1v) is 14.2. The van der Waals surface area contributed by atoms with Crippen LogP contribution in [0.15, 0.2) is 48.6 Å². The molecule has 3 atom stereocenters. The molecule has 0 aromatic carbocycles. The molecule has 0 bridgehead atoms. The number of ether oxygens (including phenoxy) is 1. The number of hydrogen-bond donors (Lipinski definition) is 4. The molecule has 37 heavy (non-hydrogen) atoms. The summed E-state index contributed by atoms with van der Waals surface area (Å²) in [4.78, 5) is 32.0. The Balaban J connectivity index is 3.94. The van der Waals surface area contributed by atoms with E-state index in [9.17, 15) is 24.2 Å². The molecule has 11 heteroatoms. The number of phosphoric ester groups is 1. The predicted octanol–water partition coefficient (Wildman–Crippen LogP) is 4.58. The maximum atomic E-state index is 11.9. The van der Waals surface area contributed by atoms with Gasteiger partial charge in [-0.25, -0.2) is 4.57 Å². The van der Waals surface area contributed by atoms with Crippen LogP contribution >= 0.6 is 7.82 Å². The van der Waals surface area contributed by atoms with Crippen LogP contribution in [0.3, 0.4) is 0 Å². The van der Waals surface area contributed by atoms with Crippen molar-refractivity contribution in [2.45, 2.75) is 83.3 Å². The number of carboxylic acids is 1. The minimum atomic E-state index is -4.62. The molecular weight excluding hydrogens is 501 g/mol. The number of esters is 1. The molecule has 5 N–H and O–H groups in total. The van der Waals surface area contributed by atoms with Gasteiger partial charge in [0.05, 0.1) is 19.8 Å². The number of allylic oxidation sites excluding steroid dienone is 8. The van der Waals surface area contributed by atoms with Gasteiger partial charge in [-0.3, -0.25) is 18.6 Å². The van der Waals surface area contributed by atoms with Crippen LogP contribution in [0.2, 0.25) is 0 Å². The zero-order chi connectivity index (χ0) is 27.8. The monoisotopic (exact) mass is 545 g/mol. The van der Waals surface area contributed by atoms with Crippen molar-refractivity contribution in [2.24, 2.45) is 5.73 Å². The number of hydrogen-bond acceptors (Lipinski definition) is 8. The lowest BCUT2D eigenvalue weighted by atomic mass is 10.2. The summed E-state index contributed by atoms with van der Waals surface area (Å²) >= 11 is 0. The molecule has 3 unspecified atom stereocenters. The number of aliphatic hydroxyl groups excluding tert-OH is 1. The first-order chi connectivity index (χ1) is 17.7. The fourth-order valence-electron chi connectivity index (χ4n) is 2.75. The lowest BCUT2D eigenvalue weighted by molar-refractivity contribution is -0.153. The maximum Gasteiger partial charge on any atom is 0.472 e. The molecule has 10 nitrogen and oxygen atoms in total. The topological polar surface area (TPSA) is 166 Å². The van der Waals surface area contributed by atoms with E-state index < -0.39 is 51.7 Å². The molecule has 0 heterocycles. The molecule has 0 aliphatic rings. The number of phosphoric acid groups is 1.